The summed E-state index contributed by atoms with van der Waals surface area (Å²) in [6, 6.07) is 0. The summed E-state index contributed by atoms with van der Waals surface area (Å²) in [5, 5.41) is 17.1. The van der Waals surface area contributed by atoms with E-state index in [0.29, 0.717) is 0 Å². The first-order valence-corrected chi connectivity index (χ1v) is 3.45. The van der Waals surface area contributed by atoms with Crippen LogP contribution in [0, 0.1) is 0 Å². The Balaban J connectivity index is 2.76. The van der Waals surface area contributed by atoms with Crippen LogP contribution in [0.1, 0.15) is 0 Å². The molecule has 0 spiro atoms. The molecule has 0 amide bonds. The van der Waals surface area contributed by atoms with Crippen molar-refractivity contribution in [2.75, 3.05) is 0 Å². The van der Waals surface area contributed by atoms with Gasteiger partial charge >= 0.3 is 11.9 Å². The zero-order chi connectivity index (χ0) is 10.0. The van der Waals surface area contributed by atoms with Crippen molar-refractivity contribution in [3.8, 4) is 0 Å². The summed E-state index contributed by atoms with van der Waals surface area (Å²) < 4.78 is 9.45. The van der Waals surface area contributed by atoms with E-state index in [1.807, 2.05) is 0 Å². The topological polar surface area (TPSA) is 93.1 Å². The molecule has 13 heavy (non-hydrogen) atoms. The van der Waals surface area contributed by atoms with E-state index >= 15 is 0 Å². The number of hydrogen-bond acceptors (Lipinski definition) is 4. The van der Waals surface area contributed by atoms with Crippen molar-refractivity contribution in [1.82, 2.24) is 0 Å². The van der Waals surface area contributed by atoms with Gasteiger partial charge < -0.3 is 19.7 Å². The first-order chi connectivity index (χ1) is 6.06. The fourth-order valence-electron chi connectivity index (χ4n) is 0.950. The van der Waals surface area contributed by atoms with Crippen molar-refractivity contribution in [2.45, 2.75) is 18.5 Å². The molecule has 0 unspecified atom stereocenters. The third-order valence-electron chi connectivity index (χ3n) is 1.52. The molecule has 0 radical (unpaired) electrons. The van der Waals surface area contributed by atoms with Crippen LogP contribution in [-0.4, -0.2) is 40.6 Å². The van der Waals surface area contributed by atoms with Crippen LogP contribution in [0.2, 0.25) is 0 Å². The maximum Gasteiger partial charge on any atom is 0.336 e. The summed E-state index contributed by atoms with van der Waals surface area (Å²) in [4.78, 5) is 21.0. The number of hydrogen-bond donors (Lipinski definition) is 2. The summed E-state index contributed by atoms with van der Waals surface area (Å²) in [5.74, 6) is -2.73. The van der Waals surface area contributed by atoms with Gasteiger partial charge in [-0.3, -0.25) is 0 Å². The molecule has 0 aromatic heterocycles. The predicted molar refractivity (Wildman–Crippen MR) is 39.0 cm³/mol. The molecule has 0 aliphatic carbocycles. The quantitative estimate of drug-likeness (QED) is 0.577. The van der Waals surface area contributed by atoms with Crippen LogP contribution >= 0.6 is 0 Å². The lowest BCUT2D eigenvalue weighted by Crippen LogP contribution is -2.36. The molecule has 2 atom stereocenters. The van der Waals surface area contributed by atoms with Crippen LogP contribution in [0.4, 0.5) is 0 Å². The van der Waals surface area contributed by atoms with E-state index in [0.717, 1.165) is 0 Å². The fraction of sp³-hybridized carbons (Fsp3) is 0.429. The molecule has 72 valence electrons. The normalized spacial score (nSPS) is 28.6. The minimum atomic E-state index is -1.47. The van der Waals surface area contributed by atoms with Gasteiger partial charge in [-0.25, -0.2) is 9.59 Å². The maximum absolute atomic E-state index is 10.5. The van der Waals surface area contributed by atoms with Crippen molar-refractivity contribution < 1.29 is 29.3 Å². The lowest BCUT2D eigenvalue weighted by Gasteiger charge is -2.06. The Bertz CT molecular complexity index is 225. The van der Waals surface area contributed by atoms with E-state index in [1.54, 1.807) is 0 Å². The Kier molecular flexibility index (Phi) is 2.64. The number of carboxylic acid groups (broad SMARTS) is 2. The van der Waals surface area contributed by atoms with E-state index in [-0.39, 0.29) is 0 Å². The molecule has 6 nitrogen and oxygen atoms in total. The lowest BCUT2D eigenvalue weighted by molar-refractivity contribution is -0.156. The van der Waals surface area contributed by atoms with Crippen molar-refractivity contribution in [3.63, 3.8) is 0 Å². The molecule has 1 fully saturated rings. The molecule has 2 N–H and O–H groups in total. The molecular formula is C7H8O6. The van der Waals surface area contributed by atoms with Crippen LogP contribution in [0.3, 0.4) is 0 Å². The lowest BCUT2D eigenvalue weighted by atomic mass is 10.2. The molecule has 0 aromatic rings. The molecule has 1 saturated heterocycles. The Morgan fingerprint density at radius 2 is 1.54 bits per heavy atom. The SMILES string of the molecule is C=CC1O[C@@H](C(=O)O)[C@H](C(=O)O)O1. The van der Waals surface area contributed by atoms with Gasteiger partial charge in [-0.1, -0.05) is 6.58 Å². The second-order valence-electron chi connectivity index (χ2n) is 2.39. The van der Waals surface area contributed by atoms with Gasteiger partial charge in [0.25, 0.3) is 0 Å². The smallest absolute Gasteiger partial charge is 0.336 e. The van der Waals surface area contributed by atoms with E-state index in [1.165, 1.54) is 6.08 Å². The van der Waals surface area contributed by atoms with Crippen molar-refractivity contribution in [1.29, 1.82) is 0 Å². The van der Waals surface area contributed by atoms with E-state index < -0.39 is 30.4 Å². The number of carboxylic acids is 2. The highest BCUT2D eigenvalue weighted by Crippen LogP contribution is 2.20. The van der Waals surface area contributed by atoms with Gasteiger partial charge in [0.1, 0.15) is 0 Å². The highest BCUT2D eigenvalue weighted by molar-refractivity contribution is 5.84. The zero-order valence-corrected chi connectivity index (χ0v) is 6.54. The van der Waals surface area contributed by atoms with Crippen LogP contribution in [0.5, 0.6) is 0 Å². The van der Waals surface area contributed by atoms with Crippen LogP contribution in [0.25, 0.3) is 0 Å². The third kappa shape index (κ3) is 1.85. The molecule has 1 heterocycles. The average Bonchev–Trinajstić information content (AvgIpc) is 2.47. The molecule has 1 aliphatic rings. The fourth-order valence-corrected chi connectivity index (χ4v) is 0.950. The van der Waals surface area contributed by atoms with Crippen molar-refractivity contribution in [2.24, 2.45) is 0 Å². The van der Waals surface area contributed by atoms with Gasteiger partial charge in [0, 0.05) is 0 Å². The van der Waals surface area contributed by atoms with Crippen LogP contribution < -0.4 is 0 Å². The van der Waals surface area contributed by atoms with E-state index in [2.05, 4.69) is 6.58 Å². The first kappa shape index (κ1) is 9.69. The monoisotopic (exact) mass is 188 g/mol. The Morgan fingerprint density at radius 3 is 1.77 bits per heavy atom. The molecular weight excluding hydrogens is 180 g/mol. The average molecular weight is 188 g/mol. The largest absolute Gasteiger partial charge is 0.479 e. The molecule has 1 rings (SSSR count). The Hall–Kier alpha value is -1.40. The van der Waals surface area contributed by atoms with Gasteiger partial charge in [0.2, 0.25) is 0 Å². The summed E-state index contributed by atoms with van der Waals surface area (Å²) in [5.41, 5.74) is 0. The summed E-state index contributed by atoms with van der Waals surface area (Å²) in [6.07, 6.45) is -2.72. The Morgan fingerprint density at radius 1 is 1.15 bits per heavy atom. The van der Waals surface area contributed by atoms with Gasteiger partial charge in [-0.05, 0) is 6.08 Å². The van der Waals surface area contributed by atoms with Gasteiger partial charge in [0.05, 0.1) is 0 Å². The zero-order valence-electron chi connectivity index (χ0n) is 6.54. The van der Waals surface area contributed by atoms with E-state index in [9.17, 15) is 9.59 Å². The minimum absolute atomic E-state index is 0.970. The second-order valence-corrected chi connectivity index (χ2v) is 2.39. The molecule has 0 bridgehead atoms. The summed E-state index contributed by atoms with van der Waals surface area (Å²) in [6.45, 7) is 3.29. The minimum Gasteiger partial charge on any atom is -0.479 e. The highest BCUT2D eigenvalue weighted by Gasteiger charge is 2.44. The second kappa shape index (κ2) is 3.55. The number of ether oxygens (including phenoxy) is 2. The number of carbonyl (C=O) groups is 2. The van der Waals surface area contributed by atoms with Gasteiger partial charge in [-0.2, -0.15) is 0 Å². The van der Waals surface area contributed by atoms with Gasteiger partial charge in [0.15, 0.2) is 18.5 Å². The standard InChI is InChI=1S/C7H8O6/c1-2-3-12-4(6(8)9)5(13-3)7(10)11/h2-5H,1H2,(H,8,9)(H,10,11)/t4-,5-/m1/s1. The summed E-state index contributed by atoms with van der Waals surface area (Å²) >= 11 is 0. The first-order valence-electron chi connectivity index (χ1n) is 3.45. The number of aliphatic carboxylic acids is 2. The molecule has 6 heteroatoms. The molecule has 0 aromatic carbocycles. The predicted octanol–water partition coefficient (Wildman–Crippen LogP) is -0.548. The van der Waals surface area contributed by atoms with Gasteiger partial charge in [-0.15, -0.1) is 0 Å². The maximum atomic E-state index is 10.5. The third-order valence-corrected chi connectivity index (χ3v) is 1.52. The van der Waals surface area contributed by atoms with Crippen LogP contribution in [0.15, 0.2) is 12.7 Å². The van der Waals surface area contributed by atoms with Crippen molar-refractivity contribution in [3.05, 3.63) is 12.7 Å². The number of rotatable bonds is 3. The van der Waals surface area contributed by atoms with Crippen molar-refractivity contribution >= 4 is 11.9 Å². The van der Waals surface area contributed by atoms with Crippen LogP contribution in [-0.2, 0) is 19.1 Å². The highest BCUT2D eigenvalue weighted by atomic mass is 16.7. The Labute approximate surface area is 73.4 Å². The van der Waals surface area contributed by atoms with E-state index in [4.69, 9.17) is 19.7 Å². The molecule has 0 saturated carbocycles. The summed E-state index contributed by atoms with van der Waals surface area (Å²) in [7, 11) is 0. The molecule has 1 aliphatic heterocycles.